The van der Waals surface area contributed by atoms with Gasteiger partial charge in [-0.05, 0) is 34.6 Å². The molecule has 1 amide bonds. The molecule has 0 unspecified atom stereocenters. The van der Waals surface area contributed by atoms with Gasteiger partial charge in [0.2, 0.25) is 5.00 Å². The molecule has 1 aromatic carbocycles. The zero-order valence-corrected chi connectivity index (χ0v) is 12.9. The number of rotatable bonds is 5. The lowest BCUT2D eigenvalue weighted by Gasteiger charge is -2.12. The number of hydrogen-bond acceptors (Lipinski definition) is 4. The van der Waals surface area contributed by atoms with Crippen LogP contribution in [0.25, 0.3) is 0 Å². The predicted molar refractivity (Wildman–Crippen MR) is 79.9 cm³/mol. The Hall–Kier alpha value is -2.29. The van der Waals surface area contributed by atoms with E-state index < -0.39 is 18.5 Å². The van der Waals surface area contributed by atoms with Crippen molar-refractivity contribution in [3.8, 4) is 0 Å². The SMILES string of the molecule is CN(C(=O)c1ccccc1CCC(F)(F)F)c1[nH+]cc(N=O)s1. The first-order valence-electron chi connectivity index (χ1n) is 6.59. The van der Waals surface area contributed by atoms with E-state index in [1.54, 1.807) is 12.1 Å². The molecule has 122 valence electrons. The van der Waals surface area contributed by atoms with Crippen molar-refractivity contribution in [3.63, 3.8) is 0 Å². The Labute approximate surface area is 133 Å². The van der Waals surface area contributed by atoms with Gasteiger partial charge in [0.15, 0.2) is 0 Å². The van der Waals surface area contributed by atoms with Crippen molar-refractivity contribution in [2.24, 2.45) is 5.18 Å². The average Bonchev–Trinajstić information content (AvgIpc) is 3.00. The van der Waals surface area contributed by atoms with Crippen molar-refractivity contribution in [2.75, 3.05) is 11.9 Å². The maximum atomic E-state index is 12.5. The van der Waals surface area contributed by atoms with Crippen LogP contribution >= 0.6 is 11.3 Å². The van der Waals surface area contributed by atoms with Crippen molar-refractivity contribution in [1.82, 2.24) is 0 Å². The summed E-state index contributed by atoms with van der Waals surface area (Å²) >= 11 is 0.978. The van der Waals surface area contributed by atoms with Crippen LogP contribution in [0.3, 0.4) is 0 Å². The quantitative estimate of drug-likeness (QED) is 0.776. The molecule has 0 fully saturated rings. The third-order valence-corrected chi connectivity index (χ3v) is 4.13. The number of thiazole rings is 1. The number of nitroso groups, excluding NO2 is 1. The van der Waals surface area contributed by atoms with E-state index in [0.29, 0.717) is 10.7 Å². The lowest BCUT2D eigenvalue weighted by Crippen LogP contribution is -2.30. The van der Waals surface area contributed by atoms with Crippen molar-refractivity contribution < 1.29 is 22.9 Å². The molecule has 1 heterocycles. The number of aromatic amines is 1. The maximum Gasteiger partial charge on any atom is 0.389 e. The van der Waals surface area contributed by atoms with Gasteiger partial charge in [-0.1, -0.05) is 18.2 Å². The number of halogens is 3. The second-order valence-electron chi connectivity index (χ2n) is 4.76. The molecule has 1 N–H and O–H groups in total. The smallest absolute Gasteiger partial charge is 0.241 e. The van der Waals surface area contributed by atoms with Crippen LogP contribution in [0.15, 0.2) is 35.6 Å². The second kappa shape index (κ2) is 6.86. The molecule has 5 nitrogen and oxygen atoms in total. The van der Waals surface area contributed by atoms with Crippen molar-refractivity contribution in [1.29, 1.82) is 0 Å². The van der Waals surface area contributed by atoms with E-state index in [0.717, 1.165) is 11.3 Å². The molecule has 0 saturated carbocycles. The zero-order valence-electron chi connectivity index (χ0n) is 12.1. The fourth-order valence-corrected chi connectivity index (χ4v) is 2.68. The summed E-state index contributed by atoms with van der Waals surface area (Å²) in [6, 6.07) is 6.17. The van der Waals surface area contributed by atoms with Gasteiger partial charge in [-0.25, -0.2) is 9.78 Å². The highest BCUT2D eigenvalue weighted by Crippen LogP contribution is 2.27. The first kappa shape index (κ1) is 17.1. The Bertz CT molecular complexity index is 715. The summed E-state index contributed by atoms with van der Waals surface area (Å²) in [6.07, 6.45) is -4.19. The van der Waals surface area contributed by atoms with Crippen LogP contribution in [0.5, 0.6) is 0 Å². The standard InChI is InChI=1S/C14H12F3N3O2S/c1-20(13-18-8-11(19-22)23-13)12(21)10-5-3-2-4-9(10)6-7-14(15,16)17/h2-5,8H,6-7H2,1H3/p+1. The fourth-order valence-electron chi connectivity index (χ4n) is 1.99. The molecule has 23 heavy (non-hydrogen) atoms. The Balaban J connectivity index is 2.23. The third-order valence-electron chi connectivity index (χ3n) is 3.15. The van der Waals surface area contributed by atoms with Gasteiger partial charge in [0.25, 0.3) is 0 Å². The van der Waals surface area contributed by atoms with Crippen LogP contribution in [0.4, 0.5) is 23.3 Å². The maximum absolute atomic E-state index is 12.5. The lowest BCUT2D eigenvalue weighted by molar-refractivity contribution is -0.355. The van der Waals surface area contributed by atoms with E-state index in [1.165, 1.54) is 30.3 Å². The number of anilines is 1. The van der Waals surface area contributed by atoms with E-state index in [4.69, 9.17) is 0 Å². The number of H-pyrrole nitrogens is 1. The molecule has 0 aliphatic rings. The molecule has 0 bridgehead atoms. The first-order chi connectivity index (χ1) is 10.8. The van der Waals surface area contributed by atoms with Crippen LogP contribution in [0.2, 0.25) is 0 Å². The number of carbonyl (C=O) groups is 1. The van der Waals surface area contributed by atoms with Crippen molar-refractivity contribution in [2.45, 2.75) is 19.0 Å². The summed E-state index contributed by atoms with van der Waals surface area (Å²) in [5.41, 5.74) is 0.522. The van der Waals surface area contributed by atoms with E-state index in [1.807, 2.05) is 0 Å². The number of alkyl halides is 3. The van der Waals surface area contributed by atoms with Gasteiger partial charge in [0.05, 0.1) is 12.6 Å². The summed E-state index contributed by atoms with van der Waals surface area (Å²) in [7, 11) is 1.47. The highest BCUT2D eigenvalue weighted by Gasteiger charge is 2.29. The van der Waals surface area contributed by atoms with Crippen LogP contribution in [0, 0.1) is 4.91 Å². The summed E-state index contributed by atoms with van der Waals surface area (Å²) in [4.78, 5) is 26.9. The monoisotopic (exact) mass is 344 g/mol. The molecule has 1 aromatic heterocycles. The minimum absolute atomic E-state index is 0.171. The summed E-state index contributed by atoms with van der Waals surface area (Å²) in [5.74, 6) is -0.460. The van der Waals surface area contributed by atoms with Gasteiger partial charge in [-0.2, -0.15) is 18.1 Å². The molecule has 0 atom stereocenters. The van der Waals surface area contributed by atoms with Crippen LogP contribution < -0.4 is 9.88 Å². The van der Waals surface area contributed by atoms with Gasteiger partial charge in [0, 0.05) is 6.42 Å². The number of hydrogen-bond donors (Lipinski definition) is 0. The predicted octanol–water partition coefficient (Wildman–Crippen LogP) is 3.73. The number of amides is 1. The Kier molecular flexibility index (Phi) is 5.09. The van der Waals surface area contributed by atoms with Gasteiger partial charge >= 0.3 is 17.2 Å². The molecular weight excluding hydrogens is 331 g/mol. The number of aryl methyl sites for hydroxylation is 1. The molecule has 0 spiro atoms. The molecule has 2 aromatic rings. The minimum Gasteiger partial charge on any atom is -0.241 e. The molecule has 0 saturated heterocycles. The van der Waals surface area contributed by atoms with Gasteiger partial charge < -0.3 is 0 Å². The number of nitrogens with zero attached hydrogens (tertiary/aromatic N) is 2. The van der Waals surface area contributed by atoms with Crippen LogP contribution in [-0.2, 0) is 6.42 Å². The summed E-state index contributed by atoms with van der Waals surface area (Å²) in [5, 5.41) is 3.30. The summed E-state index contributed by atoms with van der Waals surface area (Å²) in [6.45, 7) is 0. The van der Waals surface area contributed by atoms with Gasteiger partial charge in [-0.3, -0.25) is 0 Å². The Morgan fingerprint density at radius 3 is 2.65 bits per heavy atom. The minimum atomic E-state index is -4.28. The fraction of sp³-hybridized carbons (Fsp3) is 0.286. The lowest BCUT2D eigenvalue weighted by atomic mass is 10.0. The molecule has 2 rings (SSSR count). The van der Waals surface area contributed by atoms with Crippen molar-refractivity contribution in [3.05, 3.63) is 46.5 Å². The van der Waals surface area contributed by atoms with Crippen LogP contribution in [0.1, 0.15) is 22.3 Å². The van der Waals surface area contributed by atoms with E-state index in [9.17, 15) is 22.9 Å². The zero-order chi connectivity index (χ0) is 17.0. The summed E-state index contributed by atoms with van der Waals surface area (Å²) < 4.78 is 37.2. The molecule has 0 aliphatic heterocycles. The average molecular weight is 344 g/mol. The van der Waals surface area contributed by atoms with E-state index in [-0.39, 0.29) is 17.0 Å². The van der Waals surface area contributed by atoms with E-state index >= 15 is 0 Å². The Morgan fingerprint density at radius 1 is 1.35 bits per heavy atom. The largest absolute Gasteiger partial charge is 0.389 e. The first-order valence-corrected chi connectivity index (χ1v) is 7.41. The normalized spacial score (nSPS) is 11.3. The number of carbonyl (C=O) groups excluding carboxylic acids is 1. The highest BCUT2D eigenvalue weighted by molar-refractivity contribution is 7.18. The number of nitrogens with one attached hydrogen (secondary N) is 1. The topological polar surface area (TPSA) is 63.9 Å². The van der Waals surface area contributed by atoms with E-state index in [2.05, 4.69) is 10.2 Å². The Morgan fingerprint density at radius 2 is 2.04 bits per heavy atom. The van der Waals surface area contributed by atoms with Crippen molar-refractivity contribution >= 4 is 27.4 Å². The molecule has 0 radical (unpaired) electrons. The molecule has 9 heteroatoms. The van der Waals surface area contributed by atoms with Crippen LogP contribution in [-0.4, -0.2) is 19.1 Å². The molecular formula is C14H13F3N3O2S+. The second-order valence-corrected chi connectivity index (χ2v) is 5.77. The van der Waals surface area contributed by atoms with Gasteiger partial charge in [-0.15, -0.1) is 4.91 Å². The number of aromatic nitrogens is 1. The third kappa shape index (κ3) is 4.35. The number of benzene rings is 1. The van der Waals surface area contributed by atoms with Gasteiger partial charge in [0.1, 0.15) is 6.20 Å². The molecule has 0 aliphatic carbocycles. The highest BCUT2D eigenvalue weighted by atomic mass is 32.1.